The Morgan fingerprint density at radius 1 is 0.938 bits per heavy atom. The second-order valence-corrected chi connectivity index (χ2v) is 8.75. The molecule has 32 heavy (non-hydrogen) atoms. The fourth-order valence-electron chi connectivity index (χ4n) is 5.22. The first-order valence-electron chi connectivity index (χ1n) is 11.1. The highest BCUT2D eigenvalue weighted by Crippen LogP contribution is 2.49. The molecule has 2 aliphatic rings. The number of hydrogen-bond acceptors (Lipinski definition) is 3. The normalized spacial score (nSPS) is 19.3. The Labute approximate surface area is 188 Å². The lowest BCUT2D eigenvalue weighted by Gasteiger charge is -2.43. The minimum Gasteiger partial charge on any atom is -0.453 e. The average molecular weight is 431 g/mol. The van der Waals surface area contributed by atoms with Crippen molar-refractivity contribution in [2.75, 3.05) is 30.4 Å². The molecule has 2 atom stereocenters. The molecule has 5 rings (SSSR count). The third-order valence-electron chi connectivity index (χ3n) is 6.80. The number of aryl methyl sites for hydroxylation is 1. The summed E-state index contributed by atoms with van der Waals surface area (Å²) in [6.45, 7) is 4.06. The van der Waals surface area contributed by atoms with Gasteiger partial charge in [0.05, 0.1) is 7.11 Å². The molecule has 1 amide bonds. The number of hydrogen-bond donors (Lipinski definition) is 1. The Hall–Kier alpha value is -3.34. The summed E-state index contributed by atoms with van der Waals surface area (Å²) in [4.78, 5) is 14.5. The Morgan fingerprint density at radius 3 is 2.00 bits per heavy atom. The van der Waals surface area contributed by atoms with Crippen LogP contribution in [0.1, 0.15) is 52.5 Å². The number of amides is 1. The van der Waals surface area contributed by atoms with E-state index in [1.54, 1.807) is 0 Å². The molecule has 2 unspecified atom stereocenters. The lowest BCUT2D eigenvalue weighted by molar-refractivity contribution is 0.187. The lowest BCUT2D eigenvalue weighted by Crippen LogP contribution is -2.37. The van der Waals surface area contributed by atoms with E-state index in [1.807, 2.05) is 12.1 Å². The molecule has 4 nitrogen and oxygen atoms in total. The first-order chi connectivity index (χ1) is 15.5. The monoisotopic (exact) mass is 430 g/mol. The first-order valence-corrected chi connectivity index (χ1v) is 11.1. The molecule has 0 saturated carbocycles. The minimum atomic E-state index is -0.481. The van der Waals surface area contributed by atoms with Crippen LogP contribution in [0, 0.1) is 12.7 Å². The zero-order chi connectivity index (χ0) is 22.2. The number of carbonyl (C=O) groups excluding carboxylic acids is 1. The fraction of sp³-hybridized carbons (Fsp3) is 0.296. The topological polar surface area (TPSA) is 41.6 Å². The molecule has 0 saturated heterocycles. The van der Waals surface area contributed by atoms with Gasteiger partial charge in [0.2, 0.25) is 0 Å². The predicted octanol–water partition coefficient (Wildman–Crippen LogP) is 6.19. The Kier molecular flexibility index (Phi) is 5.33. The molecule has 164 valence electrons. The molecule has 0 aliphatic carbocycles. The standard InChI is InChI=1S/C27H27FN2O2/c1-17-3-5-18(6-4-17)22-11-13-30-14-12-23(19-7-9-20(28)10-8-19)25-16-21(29-27(31)32-2)15-24(22)26(25)30/h3-10,15-16,22-23H,11-14H2,1-2H3,(H,29,31). The van der Waals surface area contributed by atoms with Crippen LogP contribution in [0.4, 0.5) is 20.6 Å². The number of benzene rings is 3. The van der Waals surface area contributed by atoms with E-state index >= 15 is 0 Å². The first kappa shape index (κ1) is 20.6. The maximum atomic E-state index is 13.6. The summed E-state index contributed by atoms with van der Waals surface area (Å²) in [5.41, 5.74) is 8.04. The van der Waals surface area contributed by atoms with E-state index in [0.29, 0.717) is 0 Å². The van der Waals surface area contributed by atoms with Crippen molar-refractivity contribution in [3.05, 3.63) is 94.3 Å². The van der Waals surface area contributed by atoms with E-state index in [2.05, 4.69) is 53.5 Å². The van der Waals surface area contributed by atoms with Crippen LogP contribution < -0.4 is 10.2 Å². The van der Waals surface area contributed by atoms with Crippen molar-refractivity contribution in [2.45, 2.75) is 31.6 Å². The number of halogens is 1. The van der Waals surface area contributed by atoms with Gasteiger partial charge in [0.15, 0.2) is 0 Å². The molecule has 1 N–H and O–H groups in total. The second-order valence-electron chi connectivity index (χ2n) is 8.75. The fourth-order valence-corrected chi connectivity index (χ4v) is 5.22. The molecule has 0 fully saturated rings. The third kappa shape index (κ3) is 3.72. The summed E-state index contributed by atoms with van der Waals surface area (Å²) in [5.74, 6) is 0.178. The summed E-state index contributed by atoms with van der Waals surface area (Å²) >= 11 is 0. The van der Waals surface area contributed by atoms with Gasteiger partial charge in [0.25, 0.3) is 0 Å². The van der Waals surface area contributed by atoms with Crippen LogP contribution >= 0.6 is 0 Å². The number of anilines is 2. The predicted molar refractivity (Wildman–Crippen MR) is 125 cm³/mol. The van der Waals surface area contributed by atoms with E-state index in [-0.39, 0.29) is 17.7 Å². The minimum absolute atomic E-state index is 0.150. The van der Waals surface area contributed by atoms with Crippen molar-refractivity contribution in [1.82, 2.24) is 0 Å². The smallest absolute Gasteiger partial charge is 0.411 e. The molecule has 5 heteroatoms. The van der Waals surface area contributed by atoms with Gasteiger partial charge < -0.3 is 9.64 Å². The highest BCUT2D eigenvalue weighted by atomic mass is 19.1. The van der Waals surface area contributed by atoms with E-state index in [1.165, 1.54) is 47.2 Å². The second kappa shape index (κ2) is 8.30. The van der Waals surface area contributed by atoms with Gasteiger partial charge in [-0.15, -0.1) is 0 Å². The third-order valence-corrected chi connectivity index (χ3v) is 6.80. The van der Waals surface area contributed by atoms with Gasteiger partial charge in [-0.3, -0.25) is 5.32 Å². The molecule has 0 spiro atoms. The summed E-state index contributed by atoms with van der Waals surface area (Å²) < 4.78 is 18.4. The van der Waals surface area contributed by atoms with Gasteiger partial charge in [0, 0.05) is 36.3 Å². The van der Waals surface area contributed by atoms with Crippen LogP contribution in [0.25, 0.3) is 0 Å². The van der Waals surface area contributed by atoms with Gasteiger partial charge in [0.1, 0.15) is 5.82 Å². The van der Waals surface area contributed by atoms with Crippen LogP contribution in [-0.4, -0.2) is 26.3 Å². The largest absolute Gasteiger partial charge is 0.453 e. The van der Waals surface area contributed by atoms with Gasteiger partial charge >= 0.3 is 6.09 Å². The number of nitrogens with zero attached hydrogens (tertiary/aromatic N) is 1. The summed E-state index contributed by atoms with van der Waals surface area (Å²) in [6.07, 6.45) is 1.50. The number of carbonyl (C=O) groups is 1. The maximum Gasteiger partial charge on any atom is 0.411 e. The summed E-state index contributed by atoms with van der Waals surface area (Å²) in [6, 6.07) is 19.7. The van der Waals surface area contributed by atoms with Crippen molar-refractivity contribution in [1.29, 1.82) is 0 Å². The average Bonchev–Trinajstić information content (AvgIpc) is 2.81. The summed E-state index contributed by atoms with van der Waals surface area (Å²) in [7, 11) is 1.37. The molecule has 2 heterocycles. The molecule has 0 radical (unpaired) electrons. The SMILES string of the molecule is COC(=O)Nc1cc2c3c(c1)C(c1ccc(F)cc1)CCN3CCC2c1ccc(C)cc1. The molecule has 0 aromatic heterocycles. The zero-order valence-corrected chi connectivity index (χ0v) is 18.4. The number of methoxy groups -OCH3 is 1. The van der Waals surface area contributed by atoms with Crippen LogP contribution in [0.3, 0.4) is 0 Å². The Morgan fingerprint density at radius 2 is 1.47 bits per heavy atom. The lowest BCUT2D eigenvalue weighted by atomic mass is 9.76. The van der Waals surface area contributed by atoms with Crippen LogP contribution in [-0.2, 0) is 4.74 Å². The van der Waals surface area contributed by atoms with Crippen LogP contribution in [0.15, 0.2) is 60.7 Å². The van der Waals surface area contributed by atoms with Gasteiger partial charge in [-0.05, 0) is 66.3 Å². The number of ether oxygens (including phenoxy) is 1. The molecule has 3 aromatic rings. The number of rotatable bonds is 3. The van der Waals surface area contributed by atoms with Crippen molar-refractivity contribution >= 4 is 17.5 Å². The van der Waals surface area contributed by atoms with Gasteiger partial charge in [-0.1, -0.05) is 42.0 Å². The quantitative estimate of drug-likeness (QED) is 0.539. The molecular formula is C27H27FN2O2. The Balaban J connectivity index is 1.66. The molecule has 2 aliphatic heterocycles. The van der Waals surface area contributed by atoms with Crippen molar-refractivity contribution in [3.8, 4) is 0 Å². The van der Waals surface area contributed by atoms with E-state index < -0.39 is 6.09 Å². The van der Waals surface area contributed by atoms with E-state index in [4.69, 9.17) is 4.74 Å². The highest BCUT2D eigenvalue weighted by Gasteiger charge is 2.35. The van der Waals surface area contributed by atoms with Crippen molar-refractivity contribution in [3.63, 3.8) is 0 Å². The van der Waals surface area contributed by atoms with Crippen LogP contribution in [0.5, 0.6) is 0 Å². The van der Waals surface area contributed by atoms with Gasteiger partial charge in [-0.25, -0.2) is 9.18 Å². The summed E-state index contributed by atoms with van der Waals surface area (Å²) in [5, 5.41) is 2.88. The van der Waals surface area contributed by atoms with Crippen molar-refractivity contribution < 1.29 is 13.9 Å². The van der Waals surface area contributed by atoms with Crippen molar-refractivity contribution in [2.24, 2.45) is 0 Å². The van der Waals surface area contributed by atoms with Gasteiger partial charge in [-0.2, -0.15) is 0 Å². The van der Waals surface area contributed by atoms with Crippen LogP contribution in [0.2, 0.25) is 0 Å². The molecule has 3 aromatic carbocycles. The number of nitrogens with one attached hydrogen (secondary N) is 1. The molecule has 0 bridgehead atoms. The van der Waals surface area contributed by atoms with E-state index in [9.17, 15) is 9.18 Å². The highest BCUT2D eigenvalue weighted by molar-refractivity contribution is 5.86. The molecular weight excluding hydrogens is 403 g/mol. The zero-order valence-electron chi connectivity index (χ0n) is 18.4. The van der Waals surface area contributed by atoms with E-state index in [0.717, 1.165) is 37.2 Å². The Bertz CT molecular complexity index is 1060. The maximum absolute atomic E-state index is 13.6.